The van der Waals surface area contributed by atoms with E-state index in [1.165, 1.54) is 6.07 Å². The normalized spacial score (nSPS) is 16.3. The number of nitrogens with one attached hydrogen (secondary N) is 1. The van der Waals surface area contributed by atoms with Crippen LogP contribution in [0.5, 0.6) is 5.75 Å². The van der Waals surface area contributed by atoms with Crippen LogP contribution in [0.3, 0.4) is 0 Å². The smallest absolute Gasteiger partial charge is 0.258 e. The number of aromatic nitrogens is 2. The molecule has 39 heavy (non-hydrogen) atoms. The number of para-hydroxylation sites is 2. The topological polar surface area (TPSA) is 65.9 Å². The molecule has 3 heterocycles. The molecular weight excluding hydrogens is 495 g/mol. The van der Waals surface area contributed by atoms with Crippen LogP contribution >= 0.6 is 0 Å². The Morgan fingerprint density at radius 2 is 1.82 bits per heavy atom. The maximum absolute atomic E-state index is 15.0. The van der Waals surface area contributed by atoms with Crippen molar-refractivity contribution < 1.29 is 13.9 Å². The first-order valence-corrected chi connectivity index (χ1v) is 13.7. The van der Waals surface area contributed by atoms with Crippen LogP contribution in [-0.2, 0) is 13.6 Å². The lowest BCUT2D eigenvalue weighted by Gasteiger charge is -2.37. The molecular formula is C30H39FN6O2. The minimum atomic E-state index is -0.528. The predicted octanol–water partition coefficient (Wildman–Crippen LogP) is 4.90. The number of ether oxygens (including phenoxy) is 1. The highest BCUT2D eigenvalue weighted by molar-refractivity contribution is 6.08. The molecule has 0 saturated carbocycles. The Bertz CT molecular complexity index is 1310. The van der Waals surface area contributed by atoms with Crippen molar-refractivity contribution in [2.75, 3.05) is 56.1 Å². The van der Waals surface area contributed by atoms with Gasteiger partial charge in [-0.2, -0.15) is 5.10 Å². The number of anilines is 3. The van der Waals surface area contributed by atoms with Crippen molar-refractivity contribution >= 4 is 23.1 Å². The summed E-state index contributed by atoms with van der Waals surface area (Å²) in [5.41, 5.74) is 3.01. The molecule has 5 rings (SSSR count). The molecule has 3 aromatic rings. The first kappa shape index (κ1) is 27.1. The molecule has 0 aliphatic carbocycles. The van der Waals surface area contributed by atoms with Crippen LogP contribution in [0.2, 0.25) is 0 Å². The number of fused-ring (bicyclic) bond motifs is 2. The van der Waals surface area contributed by atoms with Crippen LogP contribution in [0.15, 0.2) is 48.7 Å². The van der Waals surface area contributed by atoms with Crippen molar-refractivity contribution in [1.82, 2.24) is 19.6 Å². The van der Waals surface area contributed by atoms with Crippen LogP contribution in [0.1, 0.15) is 43.1 Å². The van der Waals surface area contributed by atoms with Gasteiger partial charge >= 0.3 is 0 Å². The van der Waals surface area contributed by atoms with E-state index >= 15 is 4.39 Å². The van der Waals surface area contributed by atoms with Crippen molar-refractivity contribution in [3.63, 3.8) is 0 Å². The van der Waals surface area contributed by atoms with Gasteiger partial charge < -0.3 is 24.8 Å². The summed E-state index contributed by atoms with van der Waals surface area (Å²) >= 11 is 0. The Morgan fingerprint density at radius 3 is 2.56 bits per heavy atom. The molecule has 2 aliphatic heterocycles. The summed E-state index contributed by atoms with van der Waals surface area (Å²) in [4.78, 5) is 20.2. The fourth-order valence-corrected chi connectivity index (χ4v) is 5.36. The number of aryl methyl sites for hydroxylation is 1. The largest absolute Gasteiger partial charge is 0.490 e. The molecule has 1 saturated heterocycles. The highest BCUT2D eigenvalue weighted by atomic mass is 19.1. The van der Waals surface area contributed by atoms with Gasteiger partial charge in [0.1, 0.15) is 5.82 Å². The first-order valence-electron chi connectivity index (χ1n) is 13.7. The number of piperazine rings is 1. The fraction of sp³-hybridized carbons (Fsp3) is 0.467. The summed E-state index contributed by atoms with van der Waals surface area (Å²) in [7, 11) is 1.86. The molecule has 1 amide bonds. The predicted molar refractivity (Wildman–Crippen MR) is 152 cm³/mol. The van der Waals surface area contributed by atoms with Crippen LogP contribution < -0.4 is 15.0 Å². The van der Waals surface area contributed by atoms with E-state index in [2.05, 4.69) is 41.0 Å². The van der Waals surface area contributed by atoms with Crippen LogP contribution in [-0.4, -0.2) is 71.4 Å². The maximum atomic E-state index is 15.0. The Kier molecular flexibility index (Phi) is 7.91. The van der Waals surface area contributed by atoms with Crippen molar-refractivity contribution in [3.8, 4) is 5.75 Å². The standard InChI is InChI=1S/C30H39FN6O2/c1-30(2,3)21-36-15-13-35(14-16-36)12-7-17-39-27-11-10-22(18-24(27)31)29(38)37-20-23-19-32-34(4)28(23)33-25-8-5-6-9-26(25)37/h5-6,8-11,18-19,33H,7,12-17,20-21H2,1-4H3. The van der Waals surface area contributed by atoms with Crippen LogP contribution in [0.25, 0.3) is 0 Å². The number of rotatable bonds is 7. The summed E-state index contributed by atoms with van der Waals surface area (Å²) in [6, 6.07) is 12.1. The summed E-state index contributed by atoms with van der Waals surface area (Å²) in [5.74, 6) is 0.199. The molecule has 0 atom stereocenters. The molecule has 9 heteroatoms. The monoisotopic (exact) mass is 534 g/mol. The van der Waals surface area contributed by atoms with E-state index in [1.807, 2.05) is 31.3 Å². The molecule has 8 nitrogen and oxygen atoms in total. The summed E-state index contributed by atoms with van der Waals surface area (Å²) < 4.78 is 22.5. The minimum absolute atomic E-state index is 0.175. The molecule has 208 valence electrons. The second-order valence-corrected chi connectivity index (χ2v) is 11.7. The van der Waals surface area contributed by atoms with Crippen molar-refractivity contribution in [2.24, 2.45) is 12.5 Å². The lowest BCUT2D eigenvalue weighted by atomic mass is 9.96. The molecule has 0 unspecified atom stereocenters. The van der Waals surface area contributed by atoms with Crippen molar-refractivity contribution in [1.29, 1.82) is 0 Å². The fourth-order valence-electron chi connectivity index (χ4n) is 5.36. The lowest BCUT2D eigenvalue weighted by Crippen LogP contribution is -2.48. The molecule has 2 aliphatic rings. The number of hydrogen-bond donors (Lipinski definition) is 1. The summed E-state index contributed by atoms with van der Waals surface area (Å²) in [6.45, 7) is 13.9. The van der Waals surface area contributed by atoms with Gasteiger partial charge in [-0.05, 0) is 42.2 Å². The first-order chi connectivity index (χ1) is 18.7. The van der Waals surface area contributed by atoms with Gasteiger partial charge in [-0.25, -0.2) is 4.39 Å². The summed E-state index contributed by atoms with van der Waals surface area (Å²) in [6.07, 6.45) is 2.57. The Balaban J connectivity index is 1.17. The van der Waals surface area contributed by atoms with Crippen molar-refractivity contribution in [2.45, 2.75) is 33.7 Å². The highest BCUT2D eigenvalue weighted by Gasteiger charge is 2.27. The van der Waals surface area contributed by atoms with Gasteiger partial charge in [0.05, 0.1) is 30.7 Å². The van der Waals surface area contributed by atoms with E-state index in [-0.39, 0.29) is 17.2 Å². The zero-order chi connectivity index (χ0) is 27.6. The Labute approximate surface area is 230 Å². The number of carbonyl (C=O) groups excluding carboxylic acids is 1. The number of nitrogens with zero attached hydrogens (tertiary/aromatic N) is 5. The van der Waals surface area contributed by atoms with Crippen molar-refractivity contribution in [3.05, 3.63) is 65.6 Å². The number of amides is 1. The van der Waals surface area contributed by atoms with Crippen LogP contribution in [0, 0.1) is 11.2 Å². The summed E-state index contributed by atoms with van der Waals surface area (Å²) in [5, 5.41) is 7.70. The van der Waals surface area contributed by atoms with Gasteiger partial charge in [0, 0.05) is 57.4 Å². The number of halogens is 1. The van der Waals surface area contributed by atoms with Gasteiger partial charge in [-0.15, -0.1) is 0 Å². The average Bonchev–Trinajstić information content (AvgIpc) is 3.14. The van der Waals surface area contributed by atoms with E-state index in [4.69, 9.17) is 4.74 Å². The second-order valence-electron chi connectivity index (χ2n) is 11.7. The van der Waals surface area contributed by atoms with E-state index in [9.17, 15) is 4.79 Å². The van der Waals surface area contributed by atoms with Gasteiger partial charge in [-0.3, -0.25) is 9.48 Å². The number of carbonyl (C=O) groups is 1. The third kappa shape index (κ3) is 6.42. The number of benzene rings is 2. The van der Waals surface area contributed by atoms with E-state index in [0.717, 1.165) is 68.4 Å². The third-order valence-electron chi connectivity index (χ3n) is 7.25. The second kappa shape index (κ2) is 11.4. The Morgan fingerprint density at radius 1 is 1.08 bits per heavy atom. The third-order valence-corrected chi connectivity index (χ3v) is 7.25. The van der Waals surface area contributed by atoms with E-state index < -0.39 is 5.82 Å². The quantitative estimate of drug-likeness (QED) is 0.435. The van der Waals surface area contributed by atoms with E-state index in [1.54, 1.807) is 27.9 Å². The molecule has 1 aromatic heterocycles. The molecule has 1 fully saturated rings. The maximum Gasteiger partial charge on any atom is 0.258 e. The lowest BCUT2D eigenvalue weighted by molar-refractivity contribution is 0.0984. The highest BCUT2D eigenvalue weighted by Crippen LogP contribution is 2.36. The van der Waals surface area contributed by atoms with Crippen LogP contribution in [0.4, 0.5) is 21.6 Å². The van der Waals surface area contributed by atoms with Gasteiger partial charge in [0.25, 0.3) is 5.91 Å². The zero-order valence-electron chi connectivity index (χ0n) is 23.4. The number of hydrogen-bond acceptors (Lipinski definition) is 6. The zero-order valence-corrected chi connectivity index (χ0v) is 23.4. The van der Waals surface area contributed by atoms with E-state index in [0.29, 0.717) is 18.6 Å². The minimum Gasteiger partial charge on any atom is -0.490 e. The Hall–Kier alpha value is -3.43. The van der Waals surface area contributed by atoms with Gasteiger partial charge in [0.15, 0.2) is 11.6 Å². The molecule has 2 aromatic carbocycles. The molecule has 0 spiro atoms. The van der Waals surface area contributed by atoms with Gasteiger partial charge in [0.2, 0.25) is 0 Å². The van der Waals surface area contributed by atoms with Gasteiger partial charge in [-0.1, -0.05) is 32.9 Å². The average molecular weight is 535 g/mol. The SMILES string of the molecule is Cn1ncc2c1Nc1ccccc1N(C(=O)c1ccc(OCCCN3CCN(CC(C)(C)C)CC3)c(F)c1)C2. The molecule has 1 N–H and O–H groups in total. The molecule has 0 bridgehead atoms. The molecule has 0 radical (unpaired) electrons.